The molecule has 0 aliphatic rings. The smallest absolute Gasteiger partial charge is 0.199 e. The maximum atomic E-state index is 13.1. The molecule has 0 fully saturated rings. The van der Waals surface area contributed by atoms with E-state index in [2.05, 4.69) is 15.9 Å². The summed E-state index contributed by atoms with van der Waals surface area (Å²) in [6.07, 6.45) is 0. The average Bonchev–Trinajstić information content (AvgIpc) is 2.45. The van der Waals surface area contributed by atoms with Crippen LogP contribution in [-0.2, 0) is 0 Å². The van der Waals surface area contributed by atoms with Crippen molar-refractivity contribution in [2.24, 2.45) is 0 Å². The molecule has 110 valence electrons. The van der Waals surface area contributed by atoms with Crippen molar-refractivity contribution >= 4 is 27.4 Å². The molecular formula is C15H13BrFNO3. The highest BCUT2D eigenvalue weighted by atomic mass is 79.9. The van der Waals surface area contributed by atoms with Crippen LogP contribution in [0.15, 0.2) is 34.8 Å². The molecule has 0 amide bonds. The summed E-state index contributed by atoms with van der Waals surface area (Å²) < 4.78 is 24.0. The van der Waals surface area contributed by atoms with Gasteiger partial charge in [0.1, 0.15) is 17.3 Å². The van der Waals surface area contributed by atoms with Crippen LogP contribution in [0.25, 0.3) is 0 Å². The molecule has 0 unspecified atom stereocenters. The number of nitrogen functional groups attached to an aromatic ring is 1. The van der Waals surface area contributed by atoms with Crippen molar-refractivity contribution in [1.82, 2.24) is 0 Å². The highest BCUT2D eigenvalue weighted by Gasteiger charge is 2.21. The van der Waals surface area contributed by atoms with Gasteiger partial charge in [0.15, 0.2) is 5.78 Å². The van der Waals surface area contributed by atoms with E-state index < -0.39 is 5.82 Å². The summed E-state index contributed by atoms with van der Waals surface area (Å²) in [5.74, 6) is 0.0287. The van der Waals surface area contributed by atoms with Crippen LogP contribution in [0.4, 0.5) is 10.1 Å². The Morgan fingerprint density at radius 1 is 1.19 bits per heavy atom. The lowest BCUT2D eigenvalue weighted by molar-refractivity contribution is 0.103. The number of hydrogen-bond donors (Lipinski definition) is 1. The largest absolute Gasteiger partial charge is 0.497 e. The molecule has 0 heterocycles. The van der Waals surface area contributed by atoms with E-state index in [4.69, 9.17) is 15.2 Å². The number of carbonyl (C=O) groups is 1. The van der Waals surface area contributed by atoms with Crippen molar-refractivity contribution in [3.05, 3.63) is 51.7 Å². The minimum atomic E-state index is -0.496. The number of carbonyl (C=O) groups excluding carboxylic acids is 1. The van der Waals surface area contributed by atoms with Gasteiger partial charge >= 0.3 is 0 Å². The summed E-state index contributed by atoms with van der Waals surface area (Å²) >= 11 is 3.32. The second-order valence-electron chi connectivity index (χ2n) is 4.25. The molecular weight excluding hydrogens is 341 g/mol. The lowest BCUT2D eigenvalue weighted by Gasteiger charge is -2.13. The van der Waals surface area contributed by atoms with Gasteiger partial charge in [-0.25, -0.2) is 4.39 Å². The third-order valence-electron chi connectivity index (χ3n) is 2.97. The predicted octanol–water partition coefficient (Wildman–Crippen LogP) is 3.42. The van der Waals surface area contributed by atoms with Crippen LogP contribution in [0.1, 0.15) is 15.9 Å². The van der Waals surface area contributed by atoms with Gasteiger partial charge in [0.05, 0.1) is 19.8 Å². The summed E-state index contributed by atoms with van der Waals surface area (Å²) in [5, 5.41) is 0. The summed E-state index contributed by atoms with van der Waals surface area (Å²) in [6, 6.07) is 6.89. The first-order valence-electron chi connectivity index (χ1n) is 5.99. The molecule has 0 aromatic heterocycles. The van der Waals surface area contributed by atoms with Crippen LogP contribution in [-0.4, -0.2) is 20.0 Å². The maximum Gasteiger partial charge on any atom is 0.199 e. The number of ketones is 1. The zero-order chi connectivity index (χ0) is 15.6. The van der Waals surface area contributed by atoms with Crippen molar-refractivity contribution in [2.45, 2.75) is 0 Å². The van der Waals surface area contributed by atoms with E-state index >= 15 is 0 Å². The zero-order valence-electron chi connectivity index (χ0n) is 11.4. The third kappa shape index (κ3) is 3.00. The standard InChI is InChI=1S/C15H13BrFNO3/c1-20-9-6-11(16)14(13(7-9)21-2)15(19)10-4-3-8(17)5-12(10)18/h3-7H,18H2,1-2H3. The molecule has 0 bridgehead atoms. The normalized spacial score (nSPS) is 10.3. The molecule has 2 N–H and O–H groups in total. The molecule has 4 nitrogen and oxygen atoms in total. The highest BCUT2D eigenvalue weighted by molar-refractivity contribution is 9.10. The van der Waals surface area contributed by atoms with Crippen LogP contribution in [0.3, 0.4) is 0 Å². The predicted molar refractivity (Wildman–Crippen MR) is 81.5 cm³/mol. The fourth-order valence-corrected chi connectivity index (χ4v) is 2.53. The van der Waals surface area contributed by atoms with Gasteiger partial charge in [0.25, 0.3) is 0 Å². The molecule has 0 saturated carbocycles. The van der Waals surface area contributed by atoms with Crippen LogP contribution < -0.4 is 15.2 Å². The average molecular weight is 354 g/mol. The molecule has 0 aliphatic heterocycles. The minimum absolute atomic E-state index is 0.0739. The van der Waals surface area contributed by atoms with E-state index in [0.29, 0.717) is 21.5 Å². The van der Waals surface area contributed by atoms with Crippen molar-refractivity contribution < 1.29 is 18.7 Å². The van der Waals surface area contributed by atoms with Crippen molar-refractivity contribution in [3.63, 3.8) is 0 Å². The number of anilines is 1. The van der Waals surface area contributed by atoms with E-state index in [1.165, 1.54) is 26.4 Å². The van der Waals surface area contributed by atoms with E-state index in [1.54, 1.807) is 12.1 Å². The second kappa shape index (κ2) is 6.13. The van der Waals surface area contributed by atoms with E-state index in [1.807, 2.05) is 0 Å². The number of methoxy groups -OCH3 is 2. The molecule has 2 aromatic carbocycles. The second-order valence-corrected chi connectivity index (χ2v) is 5.10. The first kappa shape index (κ1) is 15.3. The van der Waals surface area contributed by atoms with E-state index in [9.17, 15) is 9.18 Å². The quantitative estimate of drug-likeness (QED) is 0.675. The number of ether oxygens (including phenoxy) is 2. The zero-order valence-corrected chi connectivity index (χ0v) is 13.0. The third-order valence-corrected chi connectivity index (χ3v) is 3.59. The number of halogens is 2. The molecule has 0 atom stereocenters. The Morgan fingerprint density at radius 2 is 1.90 bits per heavy atom. The Morgan fingerprint density at radius 3 is 2.48 bits per heavy atom. The van der Waals surface area contributed by atoms with Gasteiger partial charge in [-0.3, -0.25) is 4.79 Å². The van der Waals surface area contributed by atoms with Crippen molar-refractivity contribution in [1.29, 1.82) is 0 Å². The molecule has 2 aromatic rings. The van der Waals surface area contributed by atoms with Gasteiger partial charge in [-0.05, 0) is 40.2 Å². The van der Waals surface area contributed by atoms with Gasteiger partial charge in [-0.1, -0.05) is 0 Å². The molecule has 0 saturated heterocycles. The minimum Gasteiger partial charge on any atom is -0.497 e. The van der Waals surface area contributed by atoms with Crippen molar-refractivity contribution in [2.75, 3.05) is 20.0 Å². The lowest BCUT2D eigenvalue weighted by Crippen LogP contribution is -2.08. The van der Waals surface area contributed by atoms with Crippen LogP contribution in [0.2, 0.25) is 0 Å². The monoisotopic (exact) mass is 353 g/mol. The Balaban J connectivity index is 2.57. The van der Waals surface area contributed by atoms with Crippen LogP contribution in [0.5, 0.6) is 11.5 Å². The summed E-state index contributed by atoms with van der Waals surface area (Å²) in [7, 11) is 2.96. The Labute approximate surface area is 129 Å². The van der Waals surface area contributed by atoms with Crippen LogP contribution >= 0.6 is 15.9 Å². The van der Waals surface area contributed by atoms with Gasteiger partial charge in [0, 0.05) is 21.8 Å². The number of benzene rings is 2. The Kier molecular flexibility index (Phi) is 4.47. The first-order chi connectivity index (χ1) is 9.97. The van der Waals surface area contributed by atoms with Gasteiger partial charge in [-0.2, -0.15) is 0 Å². The highest BCUT2D eigenvalue weighted by Crippen LogP contribution is 2.34. The number of nitrogens with two attached hydrogens (primary N) is 1. The summed E-state index contributed by atoms with van der Waals surface area (Å²) in [5.41, 5.74) is 6.30. The van der Waals surface area contributed by atoms with Gasteiger partial charge in [0.2, 0.25) is 0 Å². The van der Waals surface area contributed by atoms with Crippen LogP contribution in [0, 0.1) is 5.82 Å². The number of hydrogen-bond acceptors (Lipinski definition) is 4. The Bertz CT molecular complexity index is 704. The van der Waals surface area contributed by atoms with Gasteiger partial charge < -0.3 is 15.2 Å². The molecule has 6 heteroatoms. The molecule has 21 heavy (non-hydrogen) atoms. The summed E-state index contributed by atoms with van der Waals surface area (Å²) in [6.45, 7) is 0. The van der Waals surface area contributed by atoms with E-state index in [0.717, 1.165) is 6.07 Å². The summed E-state index contributed by atoms with van der Waals surface area (Å²) in [4.78, 5) is 12.6. The lowest BCUT2D eigenvalue weighted by atomic mass is 10.0. The fraction of sp³-hybridized carbons (Fsp3) is 0.133. The maximum absolute atomic E-state index is 13.1. The number of rotatable bonds is 4. The van der Waals surface area contributed by atoms with E-state index in [-0.39, 0.29) is 17.0 Å². The fourth-order valence-electron chi connectivity index (χ4n) is 1.93. The van der Waals surface area contributed by atoms with Gasteiger partial charge in [-0.15, -0.1) is 0 Å². The first-order valence-corrected chi connectivity index (χ1v) is 6.78. The van der Waals surface area contributed by atoms with Crippen molar-refractivity contribution in [3.8, 4) is 11.5 Å². The topological polar surface area (TPSA) is 61.5 Å². The molecule has 0 spiro atoms. The Hall–Kier alpha value is -2.08. The molecule has 2 rings (SSSR count). The molecule has 0 radical (unpaired) electrons. The SMILES string of the molecule is COc1cc(Br)c(C(=O)c2ccc(F)cc2N)c(OC)c1. The molecule has 0 aliphatic carbocycles.